The summed E-state index contributed by atoms with van der Waals surface area (Å²) >= 11 is 6.29. The van der Waals surface area contributed by atoms with Crippen LogP contribution in [0.4, 0.5) is 5.69 Å². The van der Waals surface area contributed by atoms with Gasteiger partial charge in [-0.1, -0.05) is 35.9 Å². The van der Waals surface area contributed by atoms with Crippen molar-refractivity contribution in [2.75, 3.05) is 37.6 Å². The van der Waals surface area contributed by atoms with Gasteiger partial charge in [0.2, 0.25) is 0 Å². The average molecular weight is 404 g/mol. The number of H-pyrrole nitrogens is 1. The van der Waals surface area contributed by atoms with Gasteiger partial charge in [0.25, 0.3) is 0 Å². The number of aromatic amines is 1. The second-order valence-corrected chi connectivity index (χ2v) is 7.64. The highest BCUT2D eigenvalue weighted by Gasteiger charge is 2.19. The molecule has 0 spiro atoms. The van der Waals surface area contributed by atoms with Gasteiger partial charge in [0, 0.05) is 60.0 Å². The number of nitrogens with one attached hydrogen (secondary N) is 1. The van der Waals surface area contributed by atoms with E-state index in [4.69, 9.17) is 11.6 Å². The van der Waals surface area contributed by atoms with Gasteiger partial charge in [0.05, 0.1) is 0 Å². The summed E-state index contributed by atoms with van der Waals surface area (Å²) in [6.45, 7) is 9.76. The van der Waals surface area contributed by atoms with E-state index in [1.54, 1.807) is 0 Å². The fourth-order valence-electron chi connectivity index (χ4n) is 4.08. The number of hydrogen-bond acceptors (Lipinski definition) is 2. The Hall–Kier alpha value is -1.68. The van der Waals surface area contributed by atoms with Gasteiger partial charge in [-0.2, -0.15) is 0 Å². The molecular weight excluding hydrogens is 377 g/mol. The predicted octanol–water partition coefficient (Wildman–Crippen LogP) is 5.22. The van der Waals surface area contributed by atoms with Crippen LogP contribution in [-0.2, 0) is 6.42 Å². The molecule has 0 bridgehead atoms. The van der Waals surface area contributed by atoms with E-state index in [0.717, 1.165) is 44.2 Å². The zero-order valence-corrected chi connectivity index (χ0v) is 17.5. The fraction of sp³-hybridized carbons (Fsp3) is 0.364. The number of piperazine rings is 1. The molecule has 0 radical (unpaired) electrons. The summed E-state index contributed by atoms with van der Waals surface area (Å²) in [6.07, 6.45) is 1.10. The highest BCUT2D eigenvalue weighted by atomic mass is 35.5. The highest BCUT2D eigenvalue weighted by molar-refractivity contribution is 6.31. The molecule has 0 saturated carbocycles. The SMILES string of the molecule is Cc1[nH]c2ccccc2c1CCN1CCN(c2cccc(Cl)c2C)CC1.Cl. The molecule has 27 heavy (non-hydrogen) atoms. The first-order chi connectivity index (χ1) is 12.6. The number of rotatable bonds is 4. The minimum atomic E-state index is 0. The number of fused-ring (bicyclic) bond motifs is 1. The van der Waals surface area contributed by atoms with Crippen molar-refractivity contribution in [2.45, 2.75) is 20.3 Å². The standard InChI is InChI=1S/C22H26ClN3.ClH/c1-16-20(23)7-5-9-22(16)26-14-12-25(13-15-26)11-10-18-17(2)24-21-8-4-3-6-19(18)21;/h3-9,24H,10-15H2,1-2H3;1H. The third kappa shape index (κ3) is 4.11. The van der Waals surface area contributed by atoms with Gasteiger partial charge in [-0.15, -0.1) is 12.4 Å². The smallest absolute Gasteiger partial charge is 0.0458 e. The van der Waals surface area contributed by atoms with Crippen molar-refractivity contribution >= 4 is 40.6 Å². The summed E-state index contributed by atoms with van der Waals surface area (Å²) in [5.41, 5.74) is 6.50. The van der Waals surface area contributed by atoms with E-state index in [1.165, 1.54) is 33.4 Å². The van der Waals surface area contributed by atoms with Gasteiger partial charge >= 0.3 is 0 Å². The van der Waals surface area contributed by atoms with Crippen molar-refractivity contribution in [3.63, 3.8) is 0 Å². The molecule has 144 valence electrons. The first-order valence-corrected chi connectivity index (χ1v) is 9.80. The highest BCUT2D eigenvalue weighted by Crippen LogP contribution is 2.27. The maximum Gasteiger partial charge on any atom is 0.0458 e. The zero-order chi connectivity index (χ0) is 18.1. The molecule has 1 aromatic heterocycles. The van der Waals surface area contributed by atoms with Crippen LogP contribution in [0.25, 0.3) is 10.9 Å². The molecule has 0 amide bonds. The van der Waals surface area contributed by atoms with E-state index in [2.05, 4.69) is 65.0 Å². The van der Waals surface area contributed by atoms with E-state index in [1.807, 2.05) is 6.07 Å². The number of anilines is 1. The quantitative estimate of drug-likeness (QED) is 0.644. The molecule has 1 fully saturated rings. The van der Waals surface area contributed by atoms with Crippen LogP contribution in [0.1, 0.15) is 16.8 Å². The van der Waals surface area contributed by atoms with Crippen LogP contribution in [-0.4, -0.2) is 42.6 Å². The van der Waals surface area contributed by atoms with Crippen LogP contribution in [0.15, 0.2) is 42.5 Å². The Morgan fingerprint density at radius 1 is 0.963 bits per heavy atom. The number of aromatic nitrogens is 1. The normalized spacial score (nSPS) is 15.1. The second-order valence-electron chi connectivity index (χ2n) is 7.24. The number of hydrogen-bond donors (Lipinski definition) is 1. The zero-order valence-electron chi connectivity index (χ0n) is 16.0. The van der Waals surface area contributed by atoms with Crippen LogP contribution < -0.4 is 4.90 Å². The largest absolute Gasteiger partial charge is 0.369 e. The first-order valence-electron chi connectivity index (χ1n) is 9.42. The van der Waals surface area contributed by atoms with E-state index in [9.17, 15) is 0 Å². The summed E-state index contributed by atoms with van der Waals surface area (Å²) < 4.78 is 0. The number of nitrogens with zero attached hydrogens (tertiary/aromatic N) is 2. The van der Waals surface area contributed by atoms with Crippen LogP contribution in [0.2, 0.25) is 5.02 Å². The first kappa shape index (κ1) is 20.1. The second kappa shape index (κ2) is 8.55. The van der Waals surface area contributed by atoms with E-state index in [-0.39, 0.29) is 12.4 Å². The lowest BCUT2D eigenvalue weighted by Crippen LogP contribution is -2.47. The van der Waals surface area contributed by atoms with Gasteiger partial charge in [-0.25, -0.2) is 0 Å². The Kier molecular flexibility index (Phi) is 6.36. The van der Waals surface area contributed by atoms with Gasteiger partial charge in [-0.05, 0) is 49.6 Å². The minimum Gasteiger partial charge on any atom is -0.369 e. The maximum absolute atomic E-state index is 6.29. The molecule has 5 heteroatoms. The third-order valence-electron chi connectivity index (χ3n) is 5.66. The Balaban J connectivity index is 0.00000210. The lowest BCUT2D eigenvalue weighted by molar-refractivity contribution is 0.261. The molecule has 2 heterocycles. The molecular formula is C22H27Cl2N3. The Bertz CT molecular complexity index is 911. The van der Waals surface area contributed by atoms with Crippen molar-refractivity contribution in [2.24, 2.45) is 0 Å². The third-order valence-corrected chi connectivity index (χ3v) is 6.07. The summed E-state index contributed by atoms with van der Waals surface area (Å²) in [5, 5.41) is 2.23. The van der Waals surface area contributed by atoms with Crippen molar-refractivity contribution in [1.29, 1.82) is 0 Å². The molecule has 2 aromatic carbocycles. The van der Waals surface area contributed by atoms with Crippen molar-refractivity contribution in [3.8, 4) is 0 Å². The Morgan fingerprint density at radius 2 is 1.70 bits per heavy atom. The molecule has 1 aliphatic heterocycles. The Morgan fingerprint density at radius 3 is 2.48 bits per heavy atom. The molecule has 1 saturated heterocycles. The van der Waals surface area contributed by atoms with Gasteiger partial charge in [-0.3, -0.25) is 4.90 Å². The minimum absolute atomic E-state index is 0. The van der Waals surface area contributed by atoms with Crippen molar-refractivity contribution in [1.82, 2.24) is 9.88 Å². The summed E-state index contributed by atoms with van der Waals surface area (Å²) in [5.74, 6) is 0. The summed E-state index contributed by atoms with van der Waals surface area (Å²) in [4.78, 5) is 8.56. The summed E-state index contributed by atoms with van der Waals surface area (Å²) in [6, 6.07) is 14.8. The van der Waals surface area contributed by atoms with Crippen LogP contribution in [0.5, 0.6) is 0 Å². The molecule has 4 rings (SSSR count). The van der Waals surface area contributed by atoms with Crippen LogP contribution in [0, 0.1) is 13.8 Å². The molecule has 0 unspecified atom stereocenters. The topological polar surface area (TPSA) is 22.3 Å². The summed E-state index contributed by atoms with van der Waals surface area (Å²) in [7, 11) is 0. The number of benzene rings is 2. The van der Waals surface area contributed by atoms with Gasteiger partial charge in [0.15, 0.2) is 0 Å². The van der Waals surface area contributed by atoms with E-state index >= 15 is 0 Å². The van der Waals surface area contributed by atoms with E-state index < -0.39 is 0 Å². The number of para-hydroxylation sites is 1. The monoisotopic (exact) mass is 403 g/mol. The maximum atomic E-state index is 6.29. The van der Waals surface area contributed by atoms with Crippen molar-refractivity contribution < 1.29 is 0 Å². The average Bonchev–Trinajstić information content (AvgIpc) is 2.98. The number of aryl methyl sites for hydroxylation is 1. The molecule has 3 nitrogen and oxygen atoms in total. The molecule has 3 aromatic rings. The predicted molar refractivity (Wildman–Crippen MR) is 119 cm³/mol. The van der Waals surface area contributed by atoms with Gasteiger partial charge < -0.3 is 9.88 Å². The van der Waals surface area contributed by atoms with Crippen LogP contribution >= 0.6 is 24.0 Å². The van der Waals surface area contributed by atoms with E-state index in [0.29, 0.717) is 0 Å². The molecule has 0 aliphatic carbocycles. The molecule has 0 atom stereocenters. The van der Waals surface area contributed by atoms with Crippen LogP contribution in [0.3, 0.4) is 0 Å². The Labute approximate surface area is 172 Å². The lowest BCUT2D eigenvalue weighted by atomic mass is 10.1. The lowest BCUT2D eigenvalue weighted by Gasteiger charge is -2.37. The molecule has 1 aliphatic rings. The number of halogens is 2. The fourth-order valence-corrected chi connectivity index (χ4v) is 4.25. The van der Waals surface area contributed by atoms with Gasteiger partial charge in [0.1, 0.15) is 0 Å². The molecule has 1 N–H and O–H groups in total. The van der Waals surface area contributed by atoms with Crippen molar-refractivity contribution in [3.05, 3.63) is 64.3 Å².